The van der Waals surface area contributed by atoms with Crippen LogP contribution >= 0.6 is 0 Å². The van der Waals surface area contributed by atoms with Gasteiger partial charge in [-0.3, -0.25) is 4.79 Å². The summed E-state index contributed by atoms with van der Waals surface area (Å²) >= 11 is 0. The second-order valence-electron chi connectivity index (χ2n) is 3.60. The van der Waals surface area contributed by atoms with Crippen LogP contribution in [0.1, 0.15) is 35.9 Å². The molecule has 2 N–H and O–H groups in total. The topological polar surface area (TPSA) is 87.7 Å². The molecule has 92 valence electrons. The lowest BCUT2D eigenvalue weighted by molar-refractivity contribution is -0.135. The first kappa shape index (κ1) is 13.0. The molecule has 1 aromatic rings. The van der Waals surface area contributed by atoms with Crippen molar-refractivity contribution in [2.75, 3.05) is 0 Å². The monoisotopic (exact) mass is 238 g/mol. The Morgan fingerprint density at radius 1 is 1.41 bits per heavy atom. The van der Waals surface area contributed by atoms with Crippen LogP contribution in [0.25, 0.3) is 0 Å². The number of aliphatic hydroxyl groups excluding tert-OH is 1. The molecule has 0 bridgehead atoms. The number of aliphatic carboxylic acids is 1. The lowest BCUT2D eigenvalue weighted by Gasteiger charge is -1.91. The molecule has 0 aliphatic heterocycles. The van der Waals surface area contributed by atoms with E-state index in [0.717, 1.165) is 19.3 Å². The zero-order valence-corrected chi connectivity index (χ0v) is 9.47. The molecule has 0 saturated heterocycles. The Kier molecular flexibility index (Phi) is 4.51. The van der Waals surface area contributed by atoms with Gasteiger partial charge in [0.15, 0.2) is 5.78 Å². The molecule has 0 saturated carbocycles. The summed E-state index contributed by atoms with van der Waals surface area (Å²) in [6, 6.07) is 1.56. The number of aliphatic hydroxyl groups is 1. The Balaban J connectivity index is 2.73. The van der Waals surface area contributed by atoms with Gasteiger partial charge in [-0.2, -0.15) is 0 Å². The molecule has 0 spiro atoms. The average Bonchev–Trinajstić information content (AvgIpc) is 2.74. The van der Waals surface area contributed by atoms with Crippen LogP contribution in [-0.4, -0.2) is 22.0 Å². The number of ketones is 1. The maximum atomic E-state index is 11.5. The van der Waals surface area contributed by atoms with E-state index in [1.165, 1.54) is 6.26 Å². The molecular weight excluding hydrogens is 224 g/mol. The molecule has 1 aromatic heterocycles. The summed E-state index contributed by atoms with van der Waals surface area (Å²) in [4.78, 5) is 21.8. The largest absolute Gasteiger partial charge is 0.502 e. The van der Waals surface area contributed by atoms with Gasteiger partial charge in [0.2, 0.25) is 5.76 Å². The molecule has 0 atom stereocenters. The number of hydrogen-bond donors (Lipinski definition) is 2. The minimum Gasteiger partial charge on any atom is -0.502 e. The lowest BCUT2D eigenvalue weighted by Crippen LogP contribution is -2.03. The van der Waals surface area contributed by atoms with Crippen molar-refractivity contribution >= 4 is 11.8 Å². The third-order valence-electron chi connectivity index (χ3n) is 2.20. The number of allylic oxidation sites excluding steroid dienone is 1. The molecule has 0 aromatic carbocycles. The van der Waals surface area contributed by atoms with Gasteiger partial charge in [0, 0.05) is 12.5 Å². The number of furan rings is 1. The van der Waals surface area contributed by atoms with Gasteiger partial charge in [-0.1, -0.05) is 13.3 Å². The summed E-state index contributed by atoms with van der Waals surface area (Å²) < 4.78 is 5.15. The summed E-state index contributed by atoms with van der Waals surface area (Å²) in [6.07, 6.45) is 4.63. The molecule has 0 aliphatic rings. The predicted molar refractivity (Wildman–Crippen MR) is 60.0 cm³/mol. The molecule has 1 rings (SSSR count). The zero-order chi connectivity index (χ0) is 12.8. The maximum absolute atomic E-state index is 11.5. The summed E-state index contributed by atoms with van der Waals surface area (Å²) in [5.41, 5.74) is 0.240. The third kappa shape index (κ3) is 3.79. The minimum atomic E-state index is -1.53. The second kappa shape index (κ2) is 5.89. The number of carboxylic acid groups (broad SMARTS) is 1. The van der Waals surface area contributed by atoms with Crippen molar-refractivity contribution in [2.24, 2.45) is 0 Å². The maximum Gasteiger partial charge on any atom is 0.371 e. The smallest absolute Gasteiger partial charge is 0.371 e. The summed E-state index contributed by atoms with van der Waals surface area (Å²) in [6.45, 7) is 2.04. The molecule has 0 unspecified atom stereocenters. The highest BCUT2D eigenvalue weighted by molar-refractivity contribution is 6.07. The Bertz CT molecular complexity index is 442. The van der Waals surface area contributed by atoms with Gasteiger partial charge < -0.3 is 14.6 Å². The van der Waals surface area contributed by atoms with E-state index in [2.05, 4.69) is 0 Å². The van der Waals surface area contributed by atoms with Crippen molar-refractivity contribution < 1.29 is 24.2 Å². The van der Waals surface area contributed by atoms with Gasteiger partial charge in [-0.15, -0.1) is 0 Å². The fourth-order valence-corrected chi connectivity index (χ4v) is 1.26. The number of rotatable bonds is 6. The van der Waals surface area contributed by atoms with Gasteiger partial charge in [0.1, 0.15) is 12.0 Å². The van der Waals surface area contributed by atoms with E-state index in [0.29, 0.717) is 11.8 Å². The fraction of sp³-hybridized carbons (Fsp3) is 0.333. The average molecular weight is 238 g/mol. The molecule has 0 amide bonds. The molecule has 0 radical (unpaired) electrons. The van der Waals surface area contributed by atoms with E-state index in [1.54, 1.807) is 6.07 Å². The van der Waals surface area contributed by atoms with Crippen LogP contribution in [0.3, 0.4) is 0 Å². The Morgan fingerprint density at radius 2 is 2.12 bits per heavy atom. The van der Waals surface area contributed by atoms with Crippen LogP contribution in [0.4, 0.5) is 0 Å². The van der Waals surface area contributed by atoms with Gasteiger partial charge in [-0.05, 0) is 12.5 Å². The van der Waals surface area contributed by atoms with Crippen molar-refractivity contribution in [1.82, 2.24) is 0 Å². The van der Waals surface area contributed by atoms with E-state index in [-0.39, 0.29) is 5.56 Å². The fourth-order valence-electron chi connectivity index (χ4n) is 1.26. The van der Waals surface area contributed by atoms with Crippen LogP contribution in [0.5, 0.6) is 0 Å². The summed E-state index contributed by atoms with van der Waals surface area (Å²) in [5, 5.41) is 17.3. The highest BCUT2D eigenvalue weighted by atomic mass is 16.4. The quantitative estimate of drug-likeness (QED) is 0.451. The first-order valence-electron chi connectivity index (χ1n) is 5.30. The molecule has 5 nitrogen and oxygen atoms in total. The van der Waals surface area contributed by atoms with E-state index in [4.69, 9.17) is 14.6 Å². The van der Waals surface area contributed by atoms with E-state index in [1.807, 2.05) is 6.92 Å². The normalized spacial score (nSPS) is 11.5. The number of carbonyl (C=O) groups is 2. The van der Waals surface area contributed by atoms with E-state index >= 15 is 0 Å². The Morgan fingerprint density at radius 3 is 2.71 bits per heavy atom. The molecule has 17 heavy (non-hydrogen) atoms. The van der Waals surface area contributed by atoms with Crippen LogP contribution in [0.15, 0.2) is 28.6 Å². The number of carbonyl (C=O) groups excluding carboxylic acids is 1. The standard InChI is InChI=1S/C12H14O5/c1-2-3-4-9-5-8(7-17-9)10(13)6-11(14)12(15)16/h5-7,14H,2-4H2,1H3,(H,15,16). The number of aryl methyl sites for hydroxylation is 1. The highest BCUT2D eigenvalue weighted by Crippen LogP contribution is 2.12. The van der Waals surface area contributed by atoms with Crippen LogP contribution in [0.2, 0.25) is 0 Å². The molecule has 0 aliphatic carbocycles. The Labute approximate surface area is 98.4 Å². The van der Waals surface area contributed by atoms with Crippen LogP contribution in [0, 0.1) is 0 Å². The zero-order valence-electron chi connectivity index (χ0n) is 9.47. The van der Waals surface area contributed by atoms with Crippen molar-refractivity contribution in [1.29, 1.82) is 0 Å². The number of carboxylic acids is 1. The summed E-state index contributed by atoms with van der Waals surface area (Å²) in [5.74, 6) is -2.42. The van der Waals surface area contributed by atoms with Gasteiger partial charge in [0.05, 0.1) is 5.56 Å². The molecular formula is C12H14O5. The van der Waals surface area contributed by atoms with Gasteiger partial charge >= 0.3 is 5.97 Å². The predicted octanol–water partition coefficient (Wildman–Crippen LogP) is 2.33. The van der Waals surface area contributed by atoms with E-state index in [9.17, 15) is 9.59 Å². The first-order chi connectivity index (χ1) is 8.04. The molecule has 5 heteroatoms. The minimum absolute atomic E-state index is 0.240. The van der Waals surface area contributed by atoms with E-state index < -0.39 is 17.5 Å². The first-order valence-corrected chi connectivity index (χ1v) is 5.30. The van der Waals surface area contributed by atoms with Gasteiger partial charge in [0.25, 0.3) is 0 Å². The molecule has 0 fully saturated rings. The lowest BCUT2D eigenvalue weighted by atomic mass is 10.1. The molecule has 1 heterocycles. The van der Waals surface area contributed by atoms with Crippen molar-refractivity contribution in [3.63, 3.8) is 0 Å². The van der Waals surface area contributed by atoms with Crippen molar-refractivity contribution in [2.45, 2.75) is 26.2 Å². The third-order valence-corrected chi connectivity index (χ3v) is 2.20. The summed E-state index contributed by atoms with van der Waals surface area (Å²) in [7, 11) is 0. The highest BCUT2D eigenvalue weighted by Gasteiger charge is 2.12. The van der Waals surface area contributed by atoms with Gasteiger partial charge in [-0.25, -0.2) is 4.79 Å². The van der Waals surface area contributed by atoms with Crippen LogP contribution in [-0.2, 0) is 11.2 Å². The SMILES string of the molecule is CCCCc1cc(C(=O)C=C(O)C(=O)O)co1. The van der Waals surface area contributed by atoms with Crippen molar-refractivity contribution in [3.8, 4) is 0 Å². The van der Waals surface area contributed by atoms with Crippen LogP contribution < -0.4 is 0 Å². The second-order valence-corrected chi connectivity index (χ2v) is 3.60. The Hall–Kier alpha value is -2.04. The number of hydrogen-bond acceptors (Lipinski definition) is 4. The van der Waals surface area contributed by atoms with Crippen molar-refractivity contribution in [3.05, 3.63) is 35.5 Å². The number of unbranched alkanes of at least 4 members (excludes halogenated alkanes) is 1.